The summed E-state index contributed by atoms with van der Waals surface area (Å²) >= 11 is 7.32. The highest BCUT2D eigenvalue weighted by atomic mass is 35.5. The minimum atomic E-state index is -4.46. The van der Waals surface area contributed by atoms with Gasteiger partial charge in [-0.05, 0) is 55.2 Å². The number of anilines is 2. The molecule has 3 aromatic rings. The van der Waals surface area contributed by atoms with Crippen LogP contribution in [0.4, 0.5) is 24.0 Å². The van der Waals surface area contributed by atoms with Crippen molar-refractivity contribution >= 4 is 45.6 Å². The van der Waals surface area contributed by atoms with E-state index >= 15 is 0 Å². The molecule has 184 valence electrons. The smallest absolute Gasteiger partial charge is 0.350 e. The van der Waals surface area contributed by atoms with E-state index in [9.17, 15) is 22.8 Å². The average molecular weight is 523 g/mol. The fourth-order valence-corrected chi connectivity index (χ4v) is 4.74. The van der Waals surface area contributed by atoms with Crippen LogP contribution in [0.15, 0.2) is 47.8 Å². The van der Waals surface area contributed by atoms with E-state index in [1.807, 2.05) is 13.0 Å². The molecular weight excluding hydrogens is 501 g/mol. The van der Waals surface area contributed by atoms with E-state index in [1.54, 1.807) is 17.5 Å². The number of halogens is 4. The SMILES string of the molecule is Cc1ccc(Cl)cc1Nc1nc(C(=O)N2CCC[C@H]2C(=O)NCc2cccc(C(F)(F)F)c2)cs1. The lowest BCUT2D eigenvalue weighted by Gasteiger charge is -2.23. The molecule has 0 radical (unpaired) electrons. The molecule has 0 spiro atoms. The third-order valence-electron chi connectivity index (χ3n) is 5.70. The Morgan fingerprint density at radius 2 is 2.03 bits per heavy atom. The van der Waals surface area contributed by atoms with E-state index in [0.717, 1.165) is 23.4 Å². The molecule has 0 saturated carbocycles. The van der Waals surface area contributed by atoms with Crippen molar-refractivity contribution in [3.8, 4) is 0 Å². The van der Waals surface area contributed by atoms with E-state index in [1.165, 1.54) is 28.4 Å². The molecule has 1 aliphatic heterocycles. The van der Waals surface area contributed by atoms with Crippen molar-refractivity contribution in [3.05, 3.63) is 75.3 Å². The summed E-state index contributed by atoms with van der Waals surface area (Å²) in [7, 11) is 0. The van der Waals surface area contributed by atoms with E-state index < -0.39 is 23.7 Å². The number of alkyl halides is 3. The van der Waals surface area contributed by atoms with Crippen molar-refractivity contribution in [3.63, 3.8) is 0 Å². The predicted octanol–water partition coefficient (Wildman–Crippen LogP) is 5.79. The first-order valence-electron chi connectivity index (χ1n) is 10.9. The molecule has 6 nitrogen and oxygen atoms in total. The largest absolute Gasteiger partial charge is 0.416 e. The summed E-state index contributed by atoms with van der Waals surface area (Å²) in [5.74, 6) is -0.773. The Bertz CT molecular complexity index is 1250. The number of hydrogen-bond acceptors (Lipinski definition) is 5. The number of carbonyl (C=O) groups excluding carboxylic acids is 2. The molecule has 2 heterocycles. The zero-order valence-corrected chi connectivity index (χ0v) is 20.2. The quantitative estimate of drug-likeness (QED) is 0.430. The Balaban J connectivity index is 1.40. The van der Waals surface area contributed by atoms with Crippen LogP contribution in [-0.4, -0.2) is 34.3 Å². The highest BCUT2D eigenvalue weighted by Gasteiger charge is 2.35. The molecule has 0 aliphatic carbocycles. The predicted molar refractivity (Wildman–Crippen MR) is 129 cm³/mol. The summed E-state index contributed by atoms with van der Waals surface area (Å²) < 4.78 is 38.8. The van der Waals surface area contributed by atoms with Crippen LogP contribution in [0, 0.1) is 6.92 Å². The minimum absolute atomic E-state index is 0.0644. The Morgan fingerprint density at radius 1 is 1.23 bits per heavy atom. The molecule has 1 aliphatic rings. The second-order valence-corrected chi connectivity index (χ2v) is 9.49. The van der Waals surface area contributed by atoms with Crippen LogP contribution >= 0.6 is 22.9 Å². The number of amides is 2. The van der Waals surface area contributed by atoms with Crippen LogP contribution in [0.1, 0.15) is 40.0 Å². The van der Waals surface area contributed by atoms with Crippen molar-refractivity contribution in [2.45, 2.75) is 38.5 Å². The van der Waals surface area contributed by atoms with Crippen molar-refractivity contribution in [1.82, 2.24) is 15.2 Å². The van der Waals surface area contributed by atoms with E-state index in [0.29, 0.717) is 35.1 Å². The first-order chi connectivity index (χ1) is 16.6. The molecule has 0 bridgehead atoms. The summed E-state index contributed by atoms with van der Waals surface area (Å²) in [5.41, 5.74) is 1.52. The number of aromatic nitrogens is 1. The van der Waals surface area contributed by atoms with E-state index in [4.69, 9.17) is 11.6 Å². The zero-order valence-electron chi connectivity index (χ0n) is 18.7. The third kappa shape index (κ3) is 5.94. The average Bonchev–Trinajstić information content (AvgIpc) is 3.49. The first-order valence-corrected chi connectivity index (χ1v) is 12.1. The van der Waals surface area contributed by atoms with Gasteiger partial charge in [0, 0.05) is 29.2 Å². The van der Waals surface area contributed by atoms with Gasteiger partial charge < -0.3 is 15.5 Å². The van der Waals surface area contributed by atoms with Crippen molar-refractivity contribution in [1.29, 1.82) is 0 Å². The number of hydrogen-bond donors (Lipinski definition) is 2. The number of thiazole rings is 1. The van der Waals surface area contributed by atoms with Gasteiger partial charge in [0.05, 0.1) is 5.56 Å². The minimum Gasteiger partial charge on any atom is -0.350 e. The van der Waals surface area contributed by atoms with Gasteiger partial charge >= 0.3 is 6.18 Å². The summed E-state index contributed by atoms with van der Waals surface area (Å²) in [4.78, 5) is 31.7. The van der Waals surface area contributed by atoms with Crippen LogP contribution in [0.2, 0.25) is 5.02 Å². The van der Waals surface area contributed by atoms with Gasteiger partial charge in [-0.2, -0.15) is 13.2 Å². The van der Waals surface area contributed by atoms with Crippen molar-refractivity contribution < 1.29 is 22.8 Å². The van der Waals surface area contributed by atoms with Crippen LogP contribution in [0.5, 0.6) is 0 Å². The monoisotopic (exact) mass is 522 g/mol. The number of nitrogens with one attached hydrogen (secondary N) is 2. The topological polar surface area (TPSA) is 74.3 Å². The van der Waals surface area contributed by atoms with Crippen LogP contribution < -0.4 is 10.6 Å². The molecule has 11 heteroatoms. The van der Waals surface area contributed by atoms with Crippen molar-refractivity contribution in [2.75, 3.05) is 11.9 Å². The maximum absolute atomic E-state index is 13.1. The lowest BCUT2D eigenvalue weighted by atomic mass is 10.1. The highest BCUT2D eigenvalue weighted by molar-refractivity contribution is 7.14. The van der Waals surface area contributed by atoms with Gasteiger partial charge in [-0.25, -0.2) is 4.98 Å². The summed E-state index contributed by atoms with van der Waals surface area (Å²) in [6, 6.07) is 9.51. The van der Waals surface area contributed by atoms with Gasteiger partial charge in [0.15, 0.2) is 5.13 Å². The summed E-state index contributed by atoms with van der Waals surface area (Å²) in [6.07, 6.45) is -3.34. The molecule has 1 saturated heterocycles. The van der Waals surface area contributed by atoms with E-state index in [-0.39, 0.29) is 18.1 Å². The third-order valence-corrected chi connectivity index (χ3v) is 6.69. The molecule has 2 aromatic carbocycles. The Morgan fingerprint density at radius 3 is 2.80 bits per heavy atom. The van der Waals surface area contributed by atoms with Gasteiger partial charge in [0.2, 0.25) is 5.91 Å². The molecule has 1 atom stereocenters. The number of nitrogens with zero attached hydrogens (tertiary/aromatic N) is 2. The molecule has 35 heavy (non-hydrogen) atoms. The van der Waals surface area contributed by atoms with Crippen LogP contribution in [0.3, 0.4) is 0 Å². The fourth-order valence-electron chi connectivity index (χ4n) is 3.87. The normalized spacial score (nSPS) is 15.8. The van der Waals surface area contributed by atoms with Crippen molar-refractivity contribution in [2.24, 2.45) is 0 Å². The molecule has 0 unspecified atom stereocenters. The van der Waals surface area contributed by atoms with Gasteiger partial charge in [-0.3, -0.25) is 9.59 Å². The molecule has 2 N–H and O–H groups in total. The standard InChI is InChI=1S/C24H22ClF3N4O2S/c1-14-7-8-17(25)11-18(14)30-23-31-19(13-35-23)22(34)32-9-3-6-20(32)21(33)29-12-15-4-2-5-16(10-15)24(26,27)28/h2,4-5,7-8,10-11,13,20H,3,6,9,12H2,1H3,(H,29,33)(H,30,31)/t20-/m0/s1. The van der Waals surface area contributed by atoms with Gasteiger partial charge in [-0.1, -0.05) is 29.8 Å². The number of carbonyl (C=O) groups is 2. The Hall–Kier alpha value is -3.11. The summed E-state index contributed by atoms with van der Waals surface area (Å²) in [6.45, 7) is 2.25. The first kappa shape index (κ1) is 25.0. The van der Waals surface area contributed by atoms with Gasteiger partial charge in [0.1, 0.15) is 11.7 Å². The molecule has 1 fully saturated rings. The Kier molecular flexibility index (Phi) is 7.32. The maximum Gasteiger partial charge on any atom is 0.416 e. The molecule has 1 aromatic heterocycles. The molecule has 2 amide bonds. The maximum atomic E-state index is 13.1. The number of benzene rings is 2. The number of aryl methyl sites for hydroxylation is 1. The Labute approximate surface area is 209 Å². The van der Waals surface area contributed by atoms with Crippen LogP contribution in [-0.2, 0) is 17.5 Å². The lowest BCUT2D eigenvalue weighted by Crippen LogP contribution is -2.45. The second-order valence-electron chi connectivity index (χ2n) is 8.19. The fraction of sp³-hybridized carbons (Fsp3) is 0.292. The number of likely N-dealkylation sites (tertiary alicyclic amines) is 1. The summed E-state index contributed by atoms with van der Waals surface area (Å²) in [5, 5.41) is 8.54. The number of rotatable bonds is 6. The lowest BCUT2D eigenvalue weighted by molar-refractivity contribution is -0.137. The van der Waals surface area contributed by atoms with Gasteiger partial charge in [-0.15, -0.1) is 11.3 Å². The molecular formula is C24H22ClF3N4O2S. The van der Waals surface area contributed by atoms with Crippen LogP contribution in [0.25, 0.3) is 0 Å². The van der Waals surface area contributed by atoms with Gasteiger partial charge in [0.25, 0.3) is 5.91 Å². The molecule has 4 rings (SSSR count). The van der Waals surface area contributed by atoms with E-state index in [2.05, 4.69) is 15.6 Å². The highest BCUT2D eigenvalue weighted by Crippen LogP contribution is 2.30. The second kappa shape index (κ2) is 10.2. The zero-order chi connectivity index (χ0) is 25.2.